The number of benzene rings is 3. The molecule has 3 rings (SSSR count). The van der Waals surface area contributed by atoms with Crippen LogP contribution in [0.2, 0.25) is 0 Å². The van der Waals surface area contributed by atoms with Crippen LogP contribution in [-0.2, 0) is 32.1 Å². The molecule has 0 saturated heterocycles. The topological polar surface area (TPSA) is 93.7 Å². The molecule has 0 aromatic heterocycles. The van der Waals surface area contributed by atoms with E-state index in [1.807, 2.05) is 72.8 Å². The second kappa shape index (κ2) is 11.8. The number of carbonyl (C=O) groups is 3. The first-order valence-corrected chi connectivity index (χ1v) is 11.2. The van der Waals surface area contributed by atoms with E-state index in [0.717, 1.165) is 21.9 Å². The standard InChI is InChI=1S/C27H30N2O5/c1-18(2)24(29-27(32)34-17-19-9-5-4-6-10-19)25(30)28-23(26(31)33-3)16-20-13-14-21-11-7-8-12-22(21)15-20/h4-15,18,23-24H,16-17H2,1-3H3,(H,28,30)(H,29,32)/t23-,24-/m0/s1. The Hall–Kier alpha value is -3.87. The van der Waals surface area contributed by atoms with E-state index < -0.39 is 30.1 Å². The first-order chi connectivity index (χ1) is 16.4. The number of hydrogen-bond acceptors (Lipinski definition) is 5. The highest BCUT2D eigenvalue weighted by Gasteiger charge is 2.30. The molecule has 0 aliphatic carbocycles. The van der Waals surface area contributed by atoms with Crippen LogP contribution in [0.5, 0.6) is 0 Å². The monoisotopic (exact) mass is 462 g/mol. The summed E-state index contributed by atoms with van der Waals surface area (Å²) in [6, 6.07) is 21.3. The third-order valence-corrected chi connectivity index (χ3v) is 5.49. The van der Waals surface area contributed by atoms with E-state index in [1.54, 1.807) is 13.8 Å². The van der Waals surface area contributed by atoms with Gasteiger partial charge in [0.25, 0.3) is 0 Å². The summed E-state index contributed by atoms with van der Waals surface area (Å²) in [4.78, 5) is 37.8. The molecular formula is C27H30N2O5. The van der Waals surface area contributed by atoms with Crippen LogP contribution in [0.4, 0.5) is 4.79 Å². The molecule has 0 unspecified atom stereocenters. The molecule has 0 spiro atoms. The fourth-order valence-electron chi connectivity index (χ4n) is 3.63. The van der Waals surface area contributed by atoms with Crippen LogP contribution in [0.15, 0.2) is 72.8 Å². The van der Waals surface area contributed by atoms with Gasteiger partial charge < -0.3 is 20.1 Å². The summed E-state index contributed by atoms with van der Waals surface area (Å²) in [6.07, 6.45) is -0.450. The van der Waals surface area contributed by atoms with E-state index in [0.29, 0.717) is 0 Å². The highest BCUT2D eigenvalue weighted by molar-refractivity contribution is 5.90. The Morgan fingerprint density at radius 3 is 2.18 bits per heavy atom. The minimum absolute atomic E-state index is 0.0891. The van der Waals surface area contributed by atoms with Gasteiger partial charge in [-0.25, -0.2) is 9.59 Å². The van der Waals surface area contributed by atoms with Crippen LogP contribution < -0.4 is 10.6 Å². The summed E-state index contributed by atoms with van der Waals surface area (Å²) in [5.41, 5.74) is 1.72. The summed E-state index contributed by atoms with van der Waals surface area (Å²) in [6.45, 7) is 3.70. The highest BCUT2D eigenvalue weighted by atomic mass is 16.5. The lowest BCUT2D eigenvalue weighted by atomic mass is 10.00. The second-order valence-corrected chi connectivity index (χ2v) is 8.40. The molecule has 0 saturated carbocycles. The van der Waals surface area contributed by atoms with Crippen molar-refractivity contribution < 1.29 is 23.9 Å². The Bertz CT molecular complexity index is 1130. The Morgan fingerprint density at radius 1 is 0.824 bits per heavy atom. The zero-order chi connectivity index (χ0) is 24.5. The quantitative estimate of drug-likeness (QED) is 0.469. The van der Waals surface area contributed by atoms with Gasteiger partial charge in [0.2, 0.25) is 5.91 Å². The van der Waals surface area contributed by atoms with Crippen molar-refractivity contribution in [2.24, 2.45) is 5.92 Å². The van der Waals surface area contributed by atoms with Crippen molar-refractivity contribution in [3.05, 3.63) is 83.9 Å². The van der Waals surface area contributed by atoms with Crippen molar-refractivity contribution in [1.82, 2.24) is 10.6 Å². The summed E-state index contributed by atoms with van der Waals surface area (Å²) < 4.78 is 10.2. The molecule has 0 aliphatic heterocycles. The lowest BCUT2D eigenvalue weighted by Gasteiger charge is -2.24. The molecule has 2 N–H and O–H groups in total. The van der Waals surface area contributed by atoms with Gasteiger partial charge in [0, 0.05) is 6.42 Å². The molecule has 0 fully saturated rings. The lowest BCUT2D eigenvalue weighted by molar-refractivity contribution is -0.145. The summed E-state index contributed by atoms with van der Waals surface area (Å²) in [5.74, 6) is -1.28. The van der Waals surface area contributed by atoms with E-state index in [9.17, 15) is 14.4 Å². The summed E-state index contributed by atoms with van der Waals surface area (Å²) in [7, 11) is 1.28. The van der Waals surface area contributed by atoms with E-state index in [1.165, 1.54) is 7.11 Å². The fourth-order valence-corrected chi connectivity index (χ4v) is 3.63. The van der Waals surface area contributed by atoms with Crippen LogP contribution in [0.3, 0.4) is 0 Å². The number of carbonyl (C=O) groups excluding carboxylic acids is 3. The maximum atomic E-state index is 13.0. The predicted octanol–water partition coefficient (Wildman–Crippen LogP) is 3.99. The number of fused-ring (bicyclic) bond motifs is 1. The third kappa shape index (κ3) is 6.81. The zero-order valence-corrected chi connectivity index (χ0v) is 19.6. The number of ether oxygens (including phenoxy) is 2. The van der Waals surface area contributed by atoms with Crippen molar-refractivity contribution in [1.29, 1.82) is 0 Å². The minimum Gasteiger partial charge on any atom is -0.467 e. The number of alkyl carbamates (subject to hydrolysis) is 1. The molecule has 0 aliphatic rings. The maximum Gasteiger partial charge on any atom is 0.408 e. The van der Waals surface area contributed by atoms with Gasteiger partial charge in [0.05, 0.1) is 7.11 Å². The first-order valence-electron chi connectivity index (χ1n) is 11.2. The van der Waals surface area contributed by atoms with Crippen LogP contribution in [-0.4, -0.2) is 37.2 Å². The van der Waals surface area contributed by atoms with Gasteiger partial charge in [-0.3, -0.25) is 4.79 Å². The molecule has 3 aromatic carbocycles. The average Bonchev–Trinajstić information content (AvgIpc) is 2.85. The van der Waals surface area contributed by atoms with Crippen molar-refractivity contribution in [2.75, 3.05) is 7.11 Å². The van der Waals surface area contributed by atoms with Gasteiger partial charge in [0.1, 0.15) is 18.7 Å². The number of rotatable bonds is 9. The van der Waals surface area contributed by atoms with E-state index in [4.69, 9.17) is 9.47 Å². The van der Waals surface area contributed by atoms with E-state index in [2.05, 4.69) is 10.6 Å². The van der Waals surface area contributed by atoms with Gasteiger partial charge >= 0.3 is 12.1 Å². The second-order valence-electron chi connectivity index (χ2n) is 8.40. The SMILES string of the molecule is COC(=O)[C@H](Cc1ccc2ccccc2c1)NC(=O)[C@@H](NC(=O)OCc1ccccc1)C(C)C. The zero-order valence-electron chi connectivity index (χ0n) is 19.6. The van der Waals surface area contributed by atoms with Gasteiger partial charge in [-0.1, -0.05) is 86.6 Å². The molecule has 2 atom stereocenters. The average molecular weight is 463 g/mol. The number of methoxy groups -OCH3 is 1. The van der Waals surface area contributed by atoms with Crippen molar-refractivity contribution in [2.45, 2.75) is 39.0 Å². The normalized spacial score (nSPS) is 12.6. The van der Waals surface area contributed by atoms with Gasteiger partial charge in [-0.05, 0) is 27.8 Å². The van der Waals surface area contributed by atoms with Crippen molar-refractivity contribution in [3.63, 3.8) is 0 Å². The Labute approximate surface area is 199 Å². The van der Waals surface area contributed by atoms with Crippen molar-refractivity contribution >= 4 is 28.7 Å². The van der Waals surface area contributed by atoms with Gasteiger partial charge in [0.15, 0.2) is 0 Å². The molecule has 34 heavy (non-hydrogen) atoms. The molecule has 0 bridgehead atoms. The Balaban J connectivity index is 1.66. The Kier molecular flexibility index (Phi) is 8.62. The number of amides is 2. The number of esters is 1. The number of hydrogen-bond donors (Lipinski definition) is 2. The molecule has 0 heterocycles. The molecule has 0 radical (unpaired) electrons. The lowest BCUT2D eigenvalue weighted by Crippen LogP contribution is -2.54. The first kappa shape index (κ1) is 24.8. The largest absolute Gasteiger partial charge is 0.467 e. The van der Waals surface area contributed by atoms with E-state index in [-0.39, 0.29) is 18.9 Å². The Morgan fingerprint density at radius 2 is 1.50 bits per heavy atom. The number of nitrogens with one attached hydrogen (secondary N) is 2. The minimum atomic E-state index is -0.901. The highest BCUT2D eigenvalue weighted by Crippen LogP contribution is 2.17. The molecule has 7 nitrogen and oxygen atoms in total. The van der Waals surface area contributed by atoms with Crippen LogP contribution >= 0.6 is 0 Å². The smallest absolute Gasteiger partial charge is 0.408 e. The van der Waals surface area contributed by atoms with Crippen LogP contribution in [0.1, 0.15) is 25.0 Å². The van der Waals surface area contributed by atoms with Gasteiger partial charge in [-0.15, -0.1) is 0 Å². The molecule has 178 valence electrons. The predicted molar refractivity (Wildman–Crippen MR) is 130 cm³/mol. The van der Waals surface area contributed by atoms with E-state index >= 15 is 0 Å². The molecule has 2 amide bonds. The van der Waals surface area contributed by atoms with Crippen LogP contribution in [0, 0.1) is 5.92 Å². The maximum absolute atomic E-state index is 13.0. The summed E-state index contributed by atoms with van der Waals surface area (Å²) in [5, 5.41) is 7.48. The fraction of sp³-hybridized carbons (Fsp3) is 0.296. The molecule has 3 aromatic rings. The summed E-state index contributed by atoms with van der Waals surface area (Å²) >= 11 is 0. The van der Waals surface area contributed by atoms with Gasteiger partial charge in [-0.2, -0.15) is 0 Å². The molecule has 7 heteroatoms. The van der Waals surface area contributed by atoms with Crippen molar-refractivity contribution in [3.8, 4) is 0 Å². The molecular weight excluding hydrogens is 432 g/mol. The third-order valence-electron chi connectivity index (χ3n) is 5.49. The van der Waals surface area contributed by atoms with Crippen LogP contribution in [0.25, 0.3) is 10.8 Å².